The van der Waals surface area contributed by atoms with Crippen molar-refractivity contribution in [2.24, 2.45) is 0 Å². The fourth-order valence-electron chi connectivity index (χ4n) is 2.19. The minimum atomic E-state index is -0.566. The van der Waals surface area contributed by atoms with Gasteiger partial charge in [-0.1, -0.05) is 28.1 Å². The maximum Gasteiger partial charge on any atom is 0.326 e. The normalized spacial score (nSPS) is 15.3. The molecule has 0 unspecified atom stereocenters. The average Bonchev–Trinajstić information content (AvgIpc) is 2.84. The molecule has 5 nitrogen and oxygen atoms in total. The van der Waals surface area contributed by atoms with Crippen LogP contribution < -0.4 is 15.4 Å². The number of carbonyl (C=O) groups is 2. The number of benzene rings is 2. The molecule has 0 aromatic heterocycles. The van der Waals surface area contributed by atoms with Crippen molar-refractivity contribution >= 4 is 33.9 Å². The molecule has 1 heterocycles. The molecule has 2 aromatic carbocycles. The third kappa shape index (κ3) is 3.80. The fraction of sp³-hybridized carbons (Fsp3) is 0.0588. The van der Waals surface area contributed by atoms with E-state index in [0.29, 0.717) is 16.9 Å². The summed E-state index contributed by atoms with van der Waals surface area (Å²) in [7, 11) is 0. The summed E-state index contributed by atoms with van der Waals surface area (Å²) >= 11 is 3.36. The molecule has 0 spiro atoms. The highest BCUT2D eigenvalue weighted by Crippen LogP contribution is 2.26. The molecule has 2 aromatic rings. The molecule has 1 aliphatic rings. The molecule has 1 saturated heterocycles. The van der Waals surface area contributed by atoms with Crippen LogP contribution in [0.25, 0.3) is 6.08 Å². The van der Waals surface area contributed by atoms with Crippen molar-refractivity contribution in [1.29, 1.82) is 0 Å². The first-order valence-corrected chi connectivity index (χ1v) is 7.81. The molecule has 2 N–H and O–H groups in total. The topological polar surface area (TPSA) is 67.4 Å². The molecule has 0 saturated carbocycles. The van der Waals surface area contributed by atoms with Gasteiger partial charge in [-0.25, -0.2) is 9.18 Å². The van der Waals surface area contributed by atoms with Crippen molar-refractivity contribution in [1.82, 2.24) is 10.6 Å². The third-order valence-corrected chi connectivity index (χ3v) is 3.77. The molecule has 7 heteroatoms. The zero-order valence-electron chi connectivity index (χ0n) is 12.3. The van der Waals surface area contributed by atoms with Gasteiger partial charge in [0.2, 0.25) is 0 Å². The maximum atomic E-state index is 13.2. The first kappa shape index (κ1) is 16.2. The van der Waals surface area contributed by atoms with E-state index >= 15 is 0 Å². The number of rotatable bonds is 4. The Labute approximate surface area is 145 Å². The smallest absolute Gasteiger partial charge is 0.326 e. The van der Waals surface area contributed by atoms with Crippen LogP contribution in [0.15, 0.2) is 52.6 Å². The average molecular weight is 391 g/mol. The lowest BCUT2D eigenvalue weighted by Gasteiger charge is -2.10. The Morgan fingerprint density at radius 1 is 1.12 bits per heavy atom. The summed E-state index contributed by atoms with van der Waals surface area (Å²) in [5, 5.41) is 4.55. The number of hydrogen-bond acceptors (Lipinski definition) is 3. The minimum Gasteiger partial charge on any atom is -0.488 e. The van der Waals surface area contributed by atoms with E-state index in [1.54, 1.807) is 30.3 Å². The summed E-state index contributed by atoms with van der Waals surface area (Å²) in [6, 6.07) is 10.8. The predicted molar refractivity (Wildman–Crippen MR) is 89.5 cm³/mol. The number of halogens is 2. The molecular formula is C17H12BrFN2O3. The largest absolute Gasteiger partial charge is 0.488 e. The van der Waals surface area contributed by atoms with Crippen LogP contribution >= 0.6 is 15.9 Å². The van der Waals surface area contributed by atoms with Crippen molar-refractivity contribution in [3.63, 3.8) is 0 Å². The van der Waals surface area contributed by atoms with Gasteiger partial charge in [-0.05, 0) is 42.0 Å². The van der Waals surface area contributed by atoms with Crippen LogP contribution in [0.2, 0.25) is 0 Å². The molecule has 0 radical (unpaired) electrons. The zero-order valence-corrected chi connectivity index (χ0v) is 13.9. The van der Waals surface area contributed by atoms with Crippen LogP contribution in [0.3, 0.4) is 0 Å². The summed E-state index contributed by atoms with van der Waals surface area (Å²) in [4.78, 5) is 22.8. The summed E-state index contributed by atoms with van der Waals surface area (Å²) < 4.78 is 19.7. The maximum absolute atomic E-state index is 13.2. The van der Waals surface area contributed by atoms with Gasteiger partial charge in [0.05, 0.1) is 0 Å². The second-order valence-corrected chi connectivity index (χ2v) is 5.98. The summed E-state index contributed by atoms with van der Waals surface area (Å²) in [6.07, 6.45) is 1.52. The Morgan fingerprint density at radius 3 is 2.67 bits per heavy atom. The molecular weight excluding hydrogens is 379 g/mol. The monoisotopic (exact) mass is 390 g/mol. The van der Waals surface area contributed by atoms with Crippen molar-refractivity contribution in [3.05, 3.63) is 69.6 Å². The molecule has 3 rings (SSSR count). The van der Waals surface area contributed by atoms with Crippen LogP contribution in [0, 0.1) is 5.82 Å². The van der Waals surface area contributed by atoms with E-state index in [-0.39, 0.29) is 18.1 Å². The fourth-order valence-corrected chi connectivity index (χ4v) is 2.57. The molecule has 0 atom stereocenters. The molecule has 1 aliphatic heterocycles. The molecule has 24 heavy (non-hydrogen) atoms. The SMILES string of the molecule is O=C1NC(=O)/C(=C\c2cc(Br)ccc2OCc2cccc(F)c2)N1. The number of carbonyl (C=O) groups excluding carboxylic acids is 2. The van der Waals surface area contributed by atoms with Crippen LogP contribution in [-0.4, -0.2) is 11.9 Å². The highest BCUT2D eigenvalue weighted by Gasteiger charge is 2.23. The van der Waals surface area contributed by atoms with Crippen LogP contribution in [0.1, 0.15) is 11.1 Å². The quantitative estimate of drug-likeness (QED) is 0.621. The van der Waals surface area contributed by atoms with E-state index in [1.165, 1.54) is 18.2 Å². The van der Waals surface area contributed by atoms with Gasteiger partial charge in [0.15, 0.2) is 0 Å². The Hall–Kier alpha value is -2.67. The van der Waals surface area contributed by atoms with E-state index < -0.39 is 11.9 Å². The van der Waals surface area contributed by atoms with E-state index in [1.807, 2.05) is 0 Å². The van der Waals surface area contributed by atoms with Crippen molar-refractivity contribution in [2.75, 3.05) is 0 Å². The minimum absolute atomic E-state index is 0.133. The number of imide groups is 1. The van der Waals surface area contributed by atoms with Crippen molar-refractivity contribution < 1.29 is 18.7 Å². The summed E-state index contributed by atoms with van der Waals surface area (Å²) in [6.45, 7) is 0.175. The lowest BCUT2D eigenvalue weighted by molar-refractivity contribution is -0.115. The van der Waals surface area contributed by atoms with Gasteiger partial charge < -0.3 is 10.1 Å². The van der Waals surface area contributed by atoms with Gasteiger partial charge in [0, 0.05) is 10.0 Å². The first-order valence-electron chi connectivity index (χ1n) is 7.02. The van der Waals surface area contributed by atoms with Crippen LogP contribution in [0.4, 0.5) is 9.18 Å². The standard InChI is InChI=1S/C17H12BrFN2O3/c18-12-4-5-15(24-9-10-2-1-3-13(19)6-10)11(7-12)8-14-16(22)21-17(23)20-14/h1-8H,9H2,(H2,20,21,22,23)/b14-8+. The summed E-state index contributed by atoms with van der Waals surface area (Å²) in [5.74, 6) is -0.334. The molecule has 3 amide bonds. The highest BCUT2D eigenvalue weighted by atomic mass is 79.9. The number of hydrogen-bond donors (Lipinski definition) is 2. The second-order valence-electron chi connectivity index (χ2n) is 5.07. The molecule has 122 valence electrons. The predicted octanol–water partition coefficient (Wildman–Crippen LogP) is 3.35. The van der Waals surface area contributed by atoms with Crippen LogP contribution in [-0.2, 0) is 11.4 Å². The van der Waals surface area contributed by atoms with Gasteiger partial charge >= 0.3 is 6.03 Å². The van der Waals surface area contributed by atoms with Crippen molar-refractivity contribution in [3.8, 4) is 5.75 Å². The Balaban J connectivity index is 1.84. The van der Waals surface area contributed by atoms with E-state index in [4.69, 9.17) is 4.74 Å². The lowest BCUT2D eigenvalue weighted by Crippen LogP contribution is -2.22. The van der Waals surface area contributed by atoms with Gasteiger partial charge in [-0.2, -0.15) is 0 Å². The third-order valence-electron chi connectivity index (χ3n) is 3.27. The van der Waals surface area contributed by atoms with E-state index in [2.05, 4.69) is 26.6 Å². The zero-order chi connectivity index (χ0) is 17.1. The Bertz CT molecular complexity index is 851. The number of ether oxygens (including phenoxy) is 1. The number of urea groups is 1. The lowest BCUT2D eigenvalue weighted by atomic mass is 10.1. The summed E-state index contributed by atoms with van der Waals surface area (Å²) in [5.41, 5.74) is 1.42. The Kier molecular flexibility index (Phi) is 4.61. The molecule has 0 bridgehead atoms. The van der Waals surface area contributed by atoms with Gasteiger partial charge in [0.25, 0.3) is 5.91 Å². The molecule has 1 fully saturated rings. The number of nitrogens with one attached hydrogen (secondary N) is 2. The van der Waals surface area contributed by atoms with Gasteiger partial charge in [0.1, 0.15) is 23.9 Å². The molecule has 0 aliphatic carbocycles. The first-order chi connectivity index (χ1) is 11.5. The van der Waals surface area contributed by atoms with Crippen molar-refractivity contribution in [2.45, 2.75) is 6.61 Å². The van der Waals surface area contributed by atoms with Gasteiger partial charge in [-0.15, -0.1) is 0 Å². The van der Waals surface area contributed by atoms with Gasteiger partial charge in [-0.3, -0.25) is 10.1 Å². The highest BCUT2D eigenvalue weighted by molar-refractivity contribution is 9.10. The van der Waals surface area contributed by atoms with E-state index in [9.17, 15) is 14.0 Å². The Morgan fingerprint density at radius 2 is 1.96 bits per heavy atom. The van der Waals surface area contributed by atoms with E-state index in [0.717, 1.165) is 4.47 Å². The number of amides is 3. The van der Waals surface area contributed by atoms with Crippen LogP contribution in [0.5, 0.6) is 5.75 Å². The second kappa shape index (κ2) is 6.84.